The van der Waals surface area contributed by atoms with Crippen molar-refractivity contribution in [2.75, 3.05) is 0 Å². The second-order valence-electron chi connectivity index (χ2n) is 1.69. The van der Waals surface area contributed by atoms with Gasteiger partial charge in [-0.25, -0.2) is 0 Å². The van der Waals surface area contributed by atoms with Crippen LogP contribution in [0.3, 0.4) is 0 Å². The summed E-state index contributed by atoms with van der Waals surface area (Å²) in [7, 11) is 0. The fraction of sp³-hybridized carbons (Fsp3) is 0.167. The quantitative estimate of drug-likeness (QED) is 0.502. The topological polar surface area (TPSA) is 12.9 Å². The molecular weight excluding hydrogens is 161 g/mol. The van der Waals surface area contributed by atoms with Gasteiger partial charge in [0.15, 0.2) is 0 Å². The molecule has 2 heteroatoms. The second kappa shape index (κ2) is 2.32. The van der Waals surface area contributed by atoms with Gasteiger partial charge in [-0.3, -0.25) is 0 Å². The first-order valence-corrected chi connectivity index (χ1v) is 3.34. The Morgan fingerprint density at radius 1 is 1.62 bits per heavy atom. The Morgan fingerprint density at radius 3 is 2.75 bits per heavy atom. The van der Waals surface area contributed by atoms with E-state index in [2.05, 4.69) is 28.8 Å². The third kappa shape index (κ3) is 1.34. The molecule has 0 aliphatic carbocycles. The molecule has 0 amide bonds. The van der Waals surface area contributed by atoms with E-state index in [1.165, 1.54) is 5.56 Å². The van der Waals surface area contributed by atoms with Gasteiger partial charge < -0.3 is 0 Å². The summed E-state index contributed by atoms with van der Waals surface area (Å²) in [4.78, 5) is 4.01. The van der Waals surface area contributed by atoms with Crippen LogP contribution in [0.4, 0.5) is 0 Å². The van der Waals surface area contributed by atoms with Gasteiger partial charge in [0.2, 0.25) is 0 Å². The summed E-state index contributed by atoms with van der Waals surface area (Å²) in [6, 6.07) is 4.01. The summed E-state index contributed by atoms with van der Waals surface area (Å²) in [5.74, 6) is 0. The molecule has 1 aromatic heterocycles. The zero-order chi connectivity index (χ0) is 5.98. The van der Waals surface area contributed by atoms with Crippen LogP contribution >= 0.6 is 0 Å². The molecule has 0 spiro atoms. The first-order valence-electron chi connectivity index (χ1n) is 2.40. The standard InChI is InChI=1S/C6H6AsN/c1-5-2-3-8-6(7)4-5/h2-4H,1H3. The van der Waals surface area contributed by atoms with Gasteiger partial charge in [0, 0.05) is 0 Å². The number of nitrogens with zero attached hydrogens (tertiary/aromatic N) is 1. The Balaban J connectivity index is 3.08. The molecule has 0 N–H and O–H groups in total. The van der Waals surface area contributed by atoms with Crippen LogP contribution in [-0.2, 0) is 0 Å². The van der Waals surface area contributed by atoms with E-state index in [1.54, 1.807) is 0 Å². The molecular formula is C6H6AsN. The molecule has 1 nitrogen and oxygen atoms in total. The van der Waals surface area contributed by atoms with E-state index in [1.807, 2.05) is 18.3 Å². The van der Waals surface area contributed by atoms with Crippen molar-refractivity contribution in [1.82, 2.24) is 4.98 Å². The minimum absolute atomic E-state index is 1.03. The molecule has 0 aromatic carbocycles. The van der Waals surface area contributed by atoms with Gasteiger partial charge in [0.25, 0.3) is 0 Å². The third-order valence-electron chi connectivity index (χ3n) is 0.901. The third-order valence-corrected chi connectivity index (χ3v) is 1.41. The fourth-order valence-electron chi connectivity index (χ4n) is 0.520. The molecule has 0 atom stereocenters. The van der Waals surface area contributed by atoms with Crippen LogP contribution in [-0.4, -0.2) is 21.8 Å². The van der Waals surface area contributed by atoms with E-state index in [4.69, 9.17) is 0 Å². The van der Waals surface area contributed by atoms with E-state index in [9.17, 15) is 0 Å². The van der Waals surface area contributed by atoms with Gasteiger partial charge in [0.05, 0.1) is 0 Å². The van der Waals surface area contributed by atoms with Crippen molar-refractivity contribution in [2.45, 2.75) is 6.92 Å². The Morgan fingerprint density at radius 2 is 2.38 bits per heavy atom. The van der Waals surface area contributed by atoms with Crippen LogP contribution in [0.5, 0.6) is 0 Å². The monoisotopic (exact) mass is 167 g/mol. The average Bonchev–Trinajstić information content (AvgIpc) is 1.64. The molecule has 40 valence electrons. The molecule has 0 unspecified atom stereocenters. The van der Waals surface area contributed by atoms with Crippen LogP contribution in [0.2, 0.25) is 0 Å². The Bertz CT molecular complexity index is 168. The number of aryl methyl sites for hydroxylation is 1. The second-order valence-corrected chi connectivity index (χ2v) is 2.65. The summed E-state index contributed by atoms with van der Waals surface area (Å²) in [5, 5.41) is 0. The van der Waals surface area contributed by atoms with Crippen LogP contribution in [0.1, 0.15) is 5.56 Å². The fourth-order valence-corrected chi connectivity index (χ4v) is 1.09. The molecule has 0 saturated heterocycles. The normalized spacial score (nSPS) is 9.25. The van der Waals surface area contributed by atoms with Crippen LogP contribution < -0.4 is 4.48 Å². The van der Waals surface area contributed by atoms with E-state index in [0.29, 0.717) is 0 Å². The number of hydrogen-bond donors (Lipinski definition) is 0. The van der Waals surface area contributed by atoms with Gasteiger partial charge >= 0.3 is 57.1 Å². The van der Waals surface area contributed by atoms with Crippen LogP contribution in [0.25, 0.3) is 0 Å². The molecule has 1 rings (SSSR count). The number of rotatable bonds is 0. The van der Waals surface area contributed by atoms with E-state index in [-0.39, 0.29) is 0 Å². The molecule has 0 bridgehead atoms. The molecule has 1 aromatic rings. The zero-order valence-corrected chi connectivity index (χ0v) is 6.50. The Kier molecular flexibility index (Phi) is 1.69. The van der Waals surface area contributed by atoms with Gasteiger partial charge in [-0.2, -0.15) is 0 Å². The SMILES string of the molecule is Cc1ccnc([As])c1. The zero-order valence-electron chi connectivity index (χ0n) is 4.63. The van der Waals surface area contributed by atoms with Crippen molar-refractivity contribution in [2.24, 2.45) is 0 Å². The molecule has 0 aliphatic heterocycles. The predicted octanol–water partition coefficient (Wildman–Crippen LogP) is 0.184. The maximum atomic E-state index is 4.01. The molecule has 8 heavy (non-hydrogen) atoms. The van der Waals surface area contributed by atoms with Gasteiger partial charge in [-0.1, -0.05) is 0 Å². The van der Waals surface area contributed by atoms with E-state index < -0.39 is 0 Å². The summed E-state index contributed by atoms with van der Waals surface area (Å²) in [6.45, 7) is 2.05. The average molecular weight is 167 g/mol. The van der Waals surface area contributed by atoms with E-state index in [0.717, 1.165) is 4.48 Å². The summed E-state index contributed by atoms with van der Waals surface area (Å²) in [5.41, 5.74) is 1.26. The minimum atomic E-state index is 1.03. The first kappa shape index (κ1) is 5.84. The Hall–Kier alpha value is -0.292. The first-order chi connectivity index (χ1) is 3.79. The molecule has 0 fully saturated rings. The number of pyridine rings is 1. The molecule has 1 heterocycles. The van der Waals surface area contributed by atoms with Crippen LogP contribution in [0, 0.1) is 6.92 Å². The molecule has 2 radical (unpaired) electrons. The Labute approximate surface area is 57.6 Å². The maximum absolute atomic E-state index is 4.01. The van der Waals surface area contributed by atoms with Crippen molar-refractivity contribution in [1.29, 1.82) is 0 Å². The van der Waals surface area contributed by atoms with Gasteiger partial charge in [-0.15, -0.1) is 0 Å². The van der Waals surface area contributed by atoms with Crippen molar-refractivity contribution in [3.8, 4) is 0 Å². The van der Waals surface area contributed by atoms with E-state index >= 15 is 0 Å². The van der Waals surface area contributed by atoms with Crippen LogP contribution in [0.15, 0.2) is 18.3 Å². The molecule has 0 saturated carbocycles. The number of aromatic nitrogens is 1. The van der Waals surface area contributed by atoms with Crippen molar-refractivity contribution in [3.05, 3.63) is 23.9 Å². The number of hydrogen-bond acceptors (Lipinski definition) is 1. The van der Waals surface area contributed by atoms with Crippen molar-refractivity contribution >= 4 is 21.3 Å². The summed E-state index contributed by atoms with van der Waals surface area (Å²) in [6.07, 6.45) is 1.81. The van der Waals surface area contributed by atoms with Crippen molar-refractivity contribution in [3.63, 3.8) is 0 Å². The summed E-state index contributed by atoms with van der Waals surface area (Å²) >= 11 is 2.41. The van der Waals surface area contributed by atoms with Gasteiger partial charge in [0.1, 0.15) is 0 Å². The molecule has 0 aliphatic rings. The predicted molar refractivity (Wildman–Crippen MR) is 34.4 cm³/mol. The van der Waals surface area contributed by atoms with Gasteiger partial charge in [-0.05, 0) is 0 Å². The summed E-state index contributed by atoms with van der Waals surface area (Å²) < 4.78 is 1.03. The van der Waals surface area contributed by atoms with Crippen molar-refractivity contribution < 1.29 is 0 Å².